The van der Waals surface area contributed by atoms with Crippen LogP contribution in [0.2, 0.25) is 0 Å². The third-order valence-electron chi connectivity index (χ3n) is 3.45. The Hall–Kier alpha value is -1.46. The lowest BCUT2D eigenvalue weighted by atomic mass is 10.1. The molecule has 1 atom stereocenters. The molecule has 1 aromatic rings. The molecule has 2 rings (SSSR count). The Kier molecular flexibility index (Phi) is 5.49. The second-order valence-corrected chi connectivity index (χ2v) is 4.80. The minimum Gasteiger partial charge on any atom is -0.493 e. The molecule has 0 unspecified atom stereocenters. The van der Waals surface area contributed by atoms with Crippen LogP contribution in [0.4, 0.5) is 0 Å². The first kappa shape index (κ1) is 14.9. The van der Waals surface area contributed by atoms with Crippen molar-refractivity contribution in [3.8, 4) is 17.2 Å². The number of nitrogens with one attached hydrogen (secondary N) is 1. The molecule has 1 fully saturated rings. The van der Waals surface area contributed by atoms with Crippen LogP contribution < -0.4 is 19.5 Å². The van der Waals surface area contributed by atoms with Gasteiger partial charge in [0.15, 0.2) is 11.5 Å². The summed E-state index contributed by atoms with van der Waals surface area (Å²) in [4.78, 5) is 0. The highest BCUT2D eigenvalue weighted by Crippen LogP contribution is 2.38. The fourth-order valence-corrected chi connectivity index (χ4v) is 2.42. The molecule has 1 aliphatic heterocycles. The van der Waals surface area contributed by atoms with E-state index in [9.17, 15) is 0 Å². The van der Waals surface area contributed by atoms with Gasteiger partial charge in [0.25, 0.3) is 0 Å². The molecule has 0 aromatic heterocycles. The molecule has 0 amide bonds. The summed E-state index contributed by atoms with van der Waals surface area (Å²) in [6, 6.07) is 3.92. The van der Waals surface area contributed by atoms with E-state index in [1.807, 2.05) is 12.1 Å². The molecule has 0 spiro atoms. The molecule has 1 saturated heterocycles. The highest BCUT2D eigenvalue weighted by atomic mass is 16.5. The molecule has 0 aliphatic carbocycles. The van der Waals surface area contributed by atoms with E-state index in [1.54, 1.807) is 21.3 Å². The van der Waals surface area contributed by atoms with Crippen LogP contribution in [0.25, 0.3) is 0 Å². The van der Waals surface area contributed by atoms with E-state index in [-0.39, 0.29) is 0 Å². The van der Waals surface area contributed by atoms with Crippen molar-refractivity contribution in [2.45, 2.75) is 25.5 Å². The van der Waals surface area contributed by atoms with Gasteiger partial charge in [0.2, 0.25) is 5.75 Å². The van der Waals surface area contributed by atoms with Crippen LogP contribution >= 0.6 is 0 Å². The van der Waals surface area contributed by atoms with E-state index in [1.165, 1.54) is 0 Å². The number of benzene rings is 1. The lowest BCUT2D eigenvalue weighted by Crippen LogP contribution is -2.25. The number of rotatable bonds is 7. The van der Waals surface area contributed by atoms with E-state index in [0.29, 0.717) is 23.4 Å². The van der Waals surface area contributed by atoms with Gasteiger partial charge in [-0.2, -0.15) is 0 Å². The van der Waals surface area contributed by atoms with Crippen LogP contribution in [0.15, 0.2) is 12.1 Å². The maximum Gasteiger partial charge on any atom is 0.203 e. The third kappa shape index (κ3) is 3.55. The molecular formula is C15H23NO4. The molecule has 1 heterocycles. The highest BCUT2D eigenvalue weighted by Gasteiger charge is 2.16. The van der Waals surface area contributed by atoms with E-state index < -0.39 is 0 Å². The van der Waals surface area contributed by atoms with E-state index in [0.717, 1.165) is 38.1 Å². The van der Waals surface area contributed by atoms with Gasteiger partial charge in [-0.05, 0) is 30.5 Å². The lowest BCUT2D eigenvalue weighted by molar-refractivity contribution is 0.110. The number of hydrogen-bond acceptors (Lipinski definition) is 5. The van der Waals surface area contributed by atoms with E-state index >= 15 is 0 Å². The average Bonchev–Trinajstić information content (AvgIpc) is 2.99. The quantitative estimate of drug-likeness (QED) is 0.828. The standard InChI is InChI=1S/C15H23NO4/c1-17-13-7-11(8-14(18-2)15(13)19-3)9-16-10-12-5-4-6-20-12/h7-8,12,16H,4-6,9-10H2,1-3H3/t12-/m1/s1. The predicted molar refractivity (Wildman–Crippen MR) is 76.8 cm³/mol. The van der Waals surface area contributed by atoms with Crippen molar-refractivity contribution in [1.29, 1.82) is 0 Å². The van der Waals surface area contributed by atoms with Crippen LogP contribution in [-0.2, 0) is 11.3 Å². The summed E-state index contributed by atoms with van der Waals surface area (Å²) in [7, 11) is 4.86. The SMILES string of the molecule is COc1cc(CNC[C@H]2CCCO2)cc(OC)c1OC. The molecule has 1 N–H and O–H groups in total. The van der Waals surface area contributed by atoms with Crippen molar-refractivity contribution in [3.05, 3.63) is 17.7 Å². The van der Waals surface area contributed by atoms with Crippen molar-refractivity contribution >= 4 is 0 Å². The largest absolute Gasteiger partial charge is 0.493 e. The van der Waals surface area contributed by atoms with Crippen LogP contribution in [0, 0.1) is 0 Å². The Morgan fingerprint density at radius 1 is 1.15 bits per heavy atom. The van der Waals surface area contributed by atoms with E-state index in [4.69, 9.17) is 18.9 Å². The van der Waals surface area contributed by atoms with Crippen molar-refractivity contribution in [2.75, 3.05) is 34.5 Å². The van der Waals surface area contributed by atoms with Gasteiger partial charge >= 0.3 is 0 Å². The monoisotopic (exact) mass is 281 g/mol. The van der Waals surface area contributed by atoms with Crippen LogP contribution in [0.3, 0.4) is 0 Å². The molecule has 0 radical (unpaired) electrons. The van der Waals surface area contributed by atoms with Crippen LogP contribution in [0.5, 0.6) is 17.2 Å². The second-order valence-electron chi connectivity index (χ2n) is 4.80. The topological polar surface area (TPSA) is 49.0 Å². The van der Waals surface area contributed by atoms with Gasteiger partial charge < -0.3 is 24.3 Å². The van der Waals surface area contributed by atoms with Crippen LogP contribution in [-0.4, -0.2) is 40.6 Å². The fraction of sp³-hybridized carbons (Fsp3) is 0.600. The van der Waals surface area contributed by atoms with E-state index in [2.05, 4.69) is 5.32 Å². The van der Waals surface area contributed by atoms with Gasteiger partial charge in [-0.15, -0.1) is 0 Å². The van der Waals surface area contributed by atoms with Gasteiger partial charge in [0.05, 0.1) is 27.4 Å². The summed E-state index contributed by atoms with van der Waals surface area (Å²) in [6.45, 7) is 2.50. The summed E-state index contributed by atoms with van der Waals surface area (Å²) in [5.41, 5.74) is 1.09. The molecule has 0 bridgehead atoms. The van der Waals surface area contributed by atoms with Gasteiger partial charge in [-0.25, -0.2) is 0 Å². The molecule has 112 valence electrons. The Bertz CT molecular complexity index is 405. The zero-order valence-corrected chi connectivity index (χ0v) is 12.4. The summed E-state index contributed by atoms with van der Waals surface area (Å²) < 4.78 is 21.6. The van der Waals surface area contributed by atoms with Crippen LogP contribution in [0.1, 0.15) is 18.4 Å². The molecule has 5 nitrogen and oxygen atoms in total. The zero-order valence-electron chi connectivity index (χ0n) is 12.4. The molecule has 1 aromatic carbocycles. The molecule has 1 aliphatic rings. The number of methoxy groups -OCH3 is 3. The van der Waals surface area contributed by atoms with Crippen molar-refractivity contribution in [3.63, 3.8) is 0 Å². The second kappa shape index (κ2) is 7.36. The van der Waals surface area contributed by atoms with Gasteiger partial charge in [-0.1, -0.05) is 0 Å². The van der Waals surface area contributed by atoms with Crippen molar-refractivity contribution in [1.82, 2.24) is 5.32 Å². The highest BCUT2D eigenvalue weighted by molar-refractivity contribution is 5.53. The first-order chi connectivity index (χ1) is 9.78. The average molecular weight is 281 g/mol. The Balaban J connectivity index is 1.99. The summed E-state index contributed by atoms with van der Waals surface area (Å²) >= 11 is 0. The van der Waals surface area contributed by atoms with Gasteiger partial charge in [0, 0.05) is 19.7 Å². The number of hydrogen-bond donors (Lipinski definition) is 1. The normalized spacial score (nSPS) is 18.1. The molecule has 0 saturated carbocycles. The number of ether oxygens (including phenoxy) is 4. The Morgan fingerprint density at radius 2 is 1.85 bits per heavy atom. The zero-order chi connectivity index (χ0) is 14.4. The maximum atomic E-state index is 5.59. The van der Waals surface area contributed by atoms with Gasteiger partial charge in [-0.3, -0.25) is 0 Å². The Morgan fingerprint density at radius 3 is 2.35 bits per heavy atom. The smallest absolute Gasteiger partial charge is 0.203 e. The minimum atomic E-state index is 0.344. The molecule has 5 heteroatoms. The lowest BCUT2D eigenvalue weighted by Gasteiger charge is -2.15. The maximum absolute atomic E-state index is 5.59. The third-order valence-corrected chi connectivity index (χ3v) is 3.45. The van der Waals surface area contributed by atoms with Crippen molar-refractivity contribution < 1.29 is 18.9 Å². The first-order valence-electron chi connectivity index (χ1n) is 6.89. The fourth-order valence-electron chi connectivity index (χ4n) is 2.42. The summed E-state index contributed by atoms with van der Waals surface area (Å²) in [6.07, 6.45) is 2.65. The van der Waals surface area contributed by atoms with Gasteiger partial charge in [0.1, 0.15) is 0 Å². The predicted octanol–water partition coefficient (Wildman–Crippen LogP) is 1.98. The minimum absolute atomic E-state index is 0.344. The first-order valence-corrected chi connectivity index (χ1v) is 6.89. The molecule has 20 heavy (non-hydrogen) atoms. The summed E-state index contributed by atoms with van der Waals surface area (Å²) in [5, 5.41) is 3.41. The molecular weight excluding hydrogens is 258 g/mol. The Labute approximate surface area is 120 Å². The van der Waals surface area contributed by atoms with Crippen molar-refractivity contribution in [2.24, 2.45) is 0 Å². The summed E-state index contributed by atoms with van der Waals surface area (Å²) in [5.74, 6) is 1.99.